The highest BCUT2D eigenvalue weighted by atomic mass is 16.5. The van der Waals surface area contributed by atoms with Gasteiger partial charge >= 0.3 is 0 Å². The van der Waals surface area contributed by atoms with Gasteiger partial charge < -0.3 is 14.8 Å². The standard InChI is InChI=1S/C17H22N2O2/c1-17(2)11-13(7-9-21-17)19-16-15-10-14(20-3)5-4-12(15)6-8-18-16/h4-6,8,10,13H,7,9,11H2,1-3H3,(H,18,19). The molecule has 4 nitrogen and oxygen atoms in total. The third kappa shape index (κ3) is 3.10. The van der Waals surface area contributed by atoms with Crippen LogP contribution in [0.3, 0.4) is 0 Å². The number of nitrogens with zero attached hydrogens (tertiary/aromatic N) is 1. The highest BCUT2D eigenvalue weighted by Crippen LogP contribution is 2.30. The first-order valence-electron chi connectivity index (χ1n) is 7.41. The van der Waals surface area contributed by atoms with Crippen molar-refractivity contribution >= 4 is 16.6 Å². The number of nitrogens with one attached hydrogen (secondary N) is 1. The molecule has 1 aromatic carbocycles. The lowest BCUT2D eigenvalue weighted by Crippen LogP contribution is -2.40. The van der Waals surface area contributed by atoms with Crippen LogP contribution in [0.2, 0.25) is 0 Å². The molecule has 0 saturated carbocycles. The molecular weight excluding hydrogens is 264 g/mol. The molecular formula is C17H22N2O2. The molecule has 4 heteroatoms. The Kier molecular flexibility index (Phi) is 3.72. The number of rotatable bonds is 3. The Morgan fingerprint density at radius 1 is 1.33 bits per heavy atom. The lowest BCUT2D eigenvalue weighted by atomic mass is 9.94. The zero-order valence-corrected chi connectivity index (χ0v) is 12.8. The van der Waals surface area contributed by atoms with Crippen molar-refractivity contribution in [2.75, 3.05) is 19.0 Å². The minimum atomic E-state index is -0.0712. The van der Waals surface area contributed by atoms with E-state index in [1.54, 1.807) is 7.11 Å². The minimum absolute atomic E-state index is 0.0712. The summed E-state index contributed by atoms with van der Waals surface area (Å²) in [4.78, 5) is 4.52. The smallest absolute Gasteiger partial charge is 0.134 e. The maximum Gasteiger partial charge on any atom is 0.134 e. The molecule has 1 unspecified atom stereocenters. The molecule has 0 amide bonds. The molecule has 1 saturated heterocycles. The Balaban J connectivity index is 1.89. The summed E-state index contributed by atoms with van der Waals surface area (Å²) >= 11 is 0. The topological polar surface area (TPSA) is 43.4 Å². The number of hydrogen-bond acceptors (Lipinski definition) is 4. The van der Waals surface area contributed by atoms with Gasteiger partial charge in [0.15, 0.2) is 0 Å². The highest BCUT2D eigenvalue weighted by molar-refractivity contribution is 5.92. The quantitative estimate of drug-likeness (QED) is 0.936. The lowest BCUT2D eigenvalue weighted by Gasteiger charge is -2.36. The summed E-state index contributed by atoms with van der Waals surface area (Å²) in [5.74, 6) is 1.78. The molecule has 0 bridgehead atoms. The molecule has 1 aliphatic heterocycles. The Hall–Kier alpha value is -1.81. The molecule has 1 N–H and O–H groups in total. The van der Waals surface area contributed by atoms with Crippen LogP contribution in [0.1, 0.15) is 26.7 Å². The van der Waals surface area contributed by atoms with Crippen LogP contribution in [-0.4, -0.2) is 30.3 Å². The second-order valence-corrected chi connectivity index (χ2v) is 6.19. The second kappa shape index (κ2) is 5.53. The van der Waals surface area contributed by atoms with E-state index in [1.807, 2.05) is 24.4 Å². The number of aromatic nitrogens is 1. The average molecular weight is 286 g/mol. The SMILES string of the molecule is COc1ccc2ccnc(NC3CCOC(C)(C)C3)c2c1. The number of methoxy groups -OCH3 is 1. The normalized spacial score (nSPS) is 21.2. The van der Waals surface area contributed by atoms with E-state index in [0.717, 1.165) is 36.4 Å². The maximum atomic E-state index is 5.78. The fraction of sp³-hybridized carbons (Fsp3) is 0.471. The van der Waals surface area contributed by atoms with Crippen molar-refractivity contribution in [1.82, 2.24) is 4.98 Å². The van der Waals surface area contributed by atoms with Gasteiger partial charge in [-0.3, -0.25) is 0 Å². The Morgan fingerprint density at radius 3 is 2.95 bits per heavy atom. The Bertz CT molecular complexity index is 640. The molecule has 1 aromatic heterocycles. The lowest BCUT2D eigenvalue weighted by molar-refractivity contribution is -0.0553. The summed E-state index contributed by atoms with van der Waals surface area (Å²) in [7, 11) is 1.69. The minimum Gasteiger partial charge on any atom is -0.497 e. The van der Waals surface area contributed by atoms with E-state index in [2.05, 4.69) is 30.2 Å². The van der Waals surface area contributed by atoms with Crippen LogP contribution in [-0.2, 0) is 4.74 Å². The van der Waals surface area contributed by atoms with E-state index in [0.29, 0.717) is 6.04 Å². The van der Waals surface area contributed by atoms with Gasteiger partial charge in [-0.1, -0.05) is 6.07 Å². The van der Waals surface area contributed by atoms with E-state index >= 15 is 0 Å². The zero-order chi connectivity index (χ0) is 14.9. The first-order valence-corrected chi connectivity index (χ1v) is 7.41. The largest absolute Gasteiger partial charge is 0.497 e. The van der Waals surface area contributed by atoms with Crippen LogP contribution in [0.5, 0.6) is 5.75 Å². The van der Waals surface area contributed by atoms with Gasteiger partial charge in [-0.25, -0.2) is 4.98 Å². The van der Waals surface area contributed by atoms with Crippen LogP contribution >= 0.6 is 0 Å². The number of pyridine rings is 1. The monoisotopic (exact) mass is 286 g/mol. The molecule has 0 spiro atoms. The highest BCUT2D eigenvalue weighted by Gasteiger charge is 2.29. The number of hydrogen-bond donors (Lipinski definition) is 1. The molecule has 112 valence electrons. The van der Waals surface area contributed by atoms with Crippen molar-refractivity contribution in [3.8, 4) is 5.75 Å². The van der Waals surface area contributed by atoms with Crippen LogP contribution in [0, 0.1) is 0 Å². The summed E-state index contributed by atoms with van der Waals surface area (Å²) in [6.45, 7) is 5.07. The van der Waals surface area contributed by atoms with Gasteiger partial charge in [-0.05, 0) is 50.3 Å². The van der Waals surface area contributed by atoms with Gasteiger partial charge in [0.25, 0.3) is 0 Å². The number of fused-ring (bicyclic) bond motifs is 1. The van der Waals surface area contributed by atoms with Gasteiger partial charge in [0.2, 0.25) is 0 Å². The van der Waals surface area contributed by atoms with Crippen molar-refractivity contribution in [2.45, 2.75) is 38.3 Å². The number of ether oxygens (including phenoxy) is 2. The Morgan fingerprint density at radius 2 is 2.19 bits per heavy atom. The van der Waals surface area contributed by atoms with Crippen LogP contribution in [0.4, 0.5) is 5.82 Å². The van der Waals surface area contributed by atoms with Crippen molar-refractivity contribution in [3.63, 3.8) is 0 Å². The summed E-state index contributed by atoms with van der Waals surface area (Å²) in [5.41, 5.74) is -0.0712. The predicted molar refractivity (Wildman–Crippen MR) is 85.0 cm³/mol. The van der Waals surface area contributed by atoms with Crippen molar-refractivity contribution in [2.24, 2.45) is 0 Å². The van der Waals surface area contributed by atoms with Gasteiger partial charge in [0.1, 0.15) is 11.6 Å². The summed E-state index contributed by atoms with van der Waals surface area (Å²) in [5, 5.41) is 5.85. The first kappa shape index (κ1) is 14.1. The number of benzene rings is 1. The molecule has 1 atom stereocenters. The molecule has 21 heavy (non-hydrogen) atoms. The van der Waals surface area contributed by atoms with E-state index in [4.69, 9.17) is 9.47 Å². The average Bonchev–Trinajstić information content (AvgIpc) is 2.46. The fourth-order valence-corrected chi connectivity index (χ4v) is 2.94. The molecule has 2 heterocycles. The van der Waals surface area contributed by atoms with E-state index < -0.39 is 0 Å². The molecule has 1 aliphatic rings. The van der Waals surface area contributed by atoms with Crippen molar-refractivity contribution < 1.29 is 9.47 Å². The van der Waals surface area contributed by atoms with Crippen LogP contribution < -0.4 is 10.1 Å². The van der Waals surface area contributed by atoms with Crippen molar-refractivity contribution in [1.29, 1.82) is 0 Å². The third-order valence-corrected chi connectivity index (χ3v) is 4.01. The summed E-state index contributed by atoms with van der Waals surface area (Å²) in [6.07, 6.45) is 3.84. The first-order chi connectivity index (χ1) is 10.1. The molecule has 0 aliphatic carbocycles. The Labute approximate surface area is 125 Å². The van der Waals surface area contributed by atoms with Gasteiger partial charge in [0, 0.05) is 24.2 Å². The molecule has 2 aromatic rings. The summed E-state index contributed by atoms with van der Waals surface area (Å²) < 4.78 is 11.1. The fourth-order valence-electron chi connectivity index (χ4n) is 2.94. The molecule has 1 fully saturated rings. The summed E-state index contributed by atoms with van der Waals surface area (Å²) in [6, 6.07) is 8.49. The van der Waals surface area contributed by atoms with E-state index in [1.165, 1.54) is 5.39 Å². The molecule has 3 rings (SSSR count). The zero-order valence-electron chi connectivity index (χ0n) is 12.8. The van der Waals surface area contributed by atoms with Gasteiger partial charge in [-0.2, -0.15) is 0 Å². The third-order valence-electron chi connectivity index (χ3n) is 4.01. The van der Waals surface area contributed by atoms with Crippen LogP contribution in [0.25, 0.3) is 10.8 Å². The van der Waals surface area contributed by atoms with Crippen molar-refractivity contribution in [3.05, 3.63) is 30.5 Å². The van der Waals surface area contributed by atoms with Gasteiger partial charge in [-0.15, -0.1) is 0 Å². The predicted octanol–water partition coefficient (Wildman–Crippen LogP) is 3.61. The van der Waals surface area contributed by atoms with E-state index in [9.17, 15) is 0 Å². The molecule has 0 radical (unpaired) electrons. The number of anilines is 1. The second-order valence-electron chi connectivity index (χ2n) is 6.19. The maximum absolute atomic E-state index is 5.78. The van der Waals surface area contributed by atoms with Gasteiger partial charge in [0.05, 0.1) is 12.7 Å². The van der Waals surface area contributed by atoms with Crippen LogP contribution in [0.15, 0.2) is 30.5 Å². The van der Waals surface area contributed by atoms with E-state index in [-0.39, 0.29) is 5.60 Å².